The number of benzene rings is 2. The summed E-state index contributed by atoms with van der Waals surface area (Å²) in [7, 11) is 0. The van der Waals surface area contributed by atoms with Crippen molar-refractivity contribution in [3.8, 4) is 0 Å². The quantitative estimate of drug-likeness (QED) is 0.292. The number of ether oxygens (including phenoxy) is 1. The number of allylic oxidation sites excluding steroid dienone is 5. The van der Waals surface area contributed by atoms with E-state index in [0.717, 1.165) is 44.1 Å². The van der Waals surface area contributed by atoms with Gasteiger partial charge in [0.2, 0.25) is 0 Å². The van der Waals surface area contributed by atoms with Gasteiger partial charge in [-0.25, -0.2) is 4.79 Å². The largest absolute Gasteiger partial charge is 0.458 e. The summed E-state index contributed by atoms with van der Waals surface area (Å²) in [5, 5.41) is 0. The molecule has 1 atom stereocenters. The van der Waals surface area contributed by atoms with Crippen LogP contribution >= 0.6 is 0 Å². The van der Waals surface area contributed by atoms with Crippen LogP contribution in [0, 0.1) is 11.3 Å². The molecular formula is C34H40O2. The first-order valence-corrected chi connectivity index (χ1v) is 13.3. The summed E-state index contributed by atoms with van der Waals surface area (Å²) in [4.78, 5) is 12.6. The van der Waals surface area contributed by atoms with E-state index in [1.54, 1.807) is 0 Å². The van der Waals surface area contributed by atoms with Crippen LogP contribution in [-0.4, -0.2) is 12.6 Å². The zero-order valence-electron chi connectivity index (χ0n) is 22.4. The summed E-state index contributed by atoms with van der Waals surface area (Å²) < 4.78 is 5.61. The van der Waals surface area contributed by atoms with Crippen LogP contribution in [0.5, 0.6) is 0 Å². The first-order chi connectivity index (χ1) is 17.2. The van der Waals surface area contributed by atoms with Gasteiger partial charge in [0.25, 0.3) is 0 Å². The zero-order chi connectivity index (χ0) is 25.7. The number of rotatable bonds is 7. The second-order valence-electron chi connectivity index (χ2n) is 11.2. The molecule has 2 heteroatoms. The van der Waals surface area contributed by atoms with Gasteiger partial charge in [-0.2, -0.15) is 0 Å². The molecule has 0 fully saturated rings. The van der Waals surface area contributed by atoms with Gasteiger partial charge in [-0.3, -0.25) is 0 Å². The SMILES string of the molecule is C=C(C)C1CC=C(COC(=O)c2ccc(/C=C3\CCC(C)(C)C(Cc4ccccc4)=C3C)cc2)CC1. The van der Waals surface area contributed by atoms with Crippen molar-refractivity contribution in [3.05, 3.63) is 112 Å². The summed E-state index contributed by atoms with van der Waals surface area (Å²) >= 11 is 0. The van der Waals surface area contributed by atoms with E-state index >= 15 is 0 Å². The van der Waals surface area contributed by atoms with Crippen LogP contribution in [-0.2, 0) is 11.2 Å². The summed E-state index contributed by atoms with van der Waals surface area (Å²) in [5.74, 6) is 0.312. The highest BCUT2D eigenvalue weighted by Gasteiger charge is 2.30. The third kappa shape index (κ3) is 6.35. The lowest BCUT2D eigenvalue weighted by Gasteiger charge is -2.36. The Balaban J connectivity index is 1.42. The Bertz CT molecular complexity index is 1190. The van der Waals surface area contributed by atoms with E-state index in [9.17, 15) is 4.79 Å². The van der Waals surface area contributed by atoms with E-state index < -0.39 is 0 Å². The molecule has 0 aromatic heterocycles. The van der Waals surface area contributed by atoms with Crippen molar-refractivity contribution in [1.29, 1.82) is 0 Å². The van der Waals surface area contributed by atoms with Crippen molar-refractivity contribution >= 4 is 12.0 Å². The number of esters is 1. The van der Waals surface area contributed by atoms with E-state index in [0.29, 0.717) is 18.1 Å². The molecule has 0 amide bonds. The highest BCUT2D eigenvalue weighted by atomic mass is 16.5. The van der Waals surface area contributed by atoms with E-state index in [4.69, 9.17) is 4.74 Å². The maximum Gasteiger partial charge on any atom is 0.338 e. The van der Waals surface area contributed by atoms with Gasteiger partial charge in [-0.1, -0.05) is 86.2 Å². The first kappa shape index (κ1) is 25.9. The van der Waals surface area contributed by atoms with Crippen molar-refractivity contribution < 1.29 is 9.53 Å². The van der Waals surface area contributed by atoms with Gasteiger partial charge < -0.3 is 4.74 Å². The third-order valence-electron chi connectivity index (χ3n) is 8.07. The Hall–Kier alpha value is -3.13. The molecule has 1 unspecified atom stereocenters. The first-order valence-electron chi connectivity index (χ1n) is 13.3. The van der Waals surface area contributed by atoms with Crippen molar-refractivity contribution in [2.45, 2.75) is 66.2 Å². The Morgan fingerprint density at radius 1 is 1.08 bits per heavy atom. The third-order valence-corrected chi connectivity index (χ3v) is 8.07. The molecule has 188 valence electrons. The van der Waals surface area contributed by atoms with Crippen LogP contribution < -0.4 is 0 Å². The molecule has 2 aromatic carbocycles. The average Bonchev–Trinajstić information content (AvgIpc) is 2.88. The topological polar surface area (TPSA) is 26.3 Å². The van der Waals surface area contributed by atoms with Gasteiger partial charge in [0.05, 0.1) is 5.56 Å². The number of carbonyl (C=O) groups excluding carboxylic acids is 1. The van der Waals surface area contributed by atoms with Crippen molar-refractivity contribution in [2.24, 2.45) is 11.3 Å². The van der Waals surface area contributed by atoms with Gasteiger partial charge in [-0.05, 0) is 104 Å². The number of carbonyl (C=O) groups is 1. The Labute approximate surface area is 217 Å². The lowest BCUT2D eigenvalue weighted by atomic mass is 9.69. The molecule has 2 nitrogen and oxygen atoms in total. The van der Waals surface area contributed by atoms with Gasteiger partial charge >= 0.3 is 5.97 Å². The molecular weight excluding hydrogens is 440 g/mol. The fourth-order valence-electron chi connectivity index (χ4n) is 5.46. The highest BCUT2D eigenvalue weighted by molar-refractivity contribution is 5.89. The number of hydrogen-bond acceptors (Lipinski definition) is 2. The molecule has 0 bridgehead atoms. The molecule has 2 aliphatic carbocycles. The van der Waals surface area contributed by atoms with E-state index in [2.05, 4.69) is 76.8 Å². The molecule has 0 N–H and O–H groups in total. The van der Waals surface area contributed by atoms with Gasteiger partial charge in [-0.15, -0.1) is 0 Å². The molecule has 4 rings (SSSR count). The predicted octanol–water partition coefficient (Wildman–Crippen LogP) is 8.91. The molecule has 0 heterocycles. The molecule has 36 heavy (non-hydrogen) atoms. The molecule has 0 saturated carbocycles. The van der Waals surface area contributed by atoms with Crippen molar-refractivity contribution in [1.82, 2.24) is 0 Å². The molecule has 2 aromatic rings. The minimum absolute atomic E-state index is 0.198. The van der Waals surface area contributed by atoms with Crippen molar-refractivity contribution in [2.75, 3.05) is 6.61 Å². The summed E-state index contributed by atoms with van der Waals surface area (Å²) in [6.07, 6.45) is 10.8. The van der Waals surface area contributed by atoms with E-state index in [-0.39, 0.29) is 11.4 Å². The minimum Gasteiger partial charge on any atom is -0.458 e. The van der Waals surface area contributed by atoms with E-state index in [1.165, 1.54) is 33.4 Å². The second kappa shape index (κ2) is 11.3. The lowest BCUT2D eigenvalue weighted by Crippen LogP contribution is -2.23. The monoisotopic (exact) mass is 480 g/mol. The summed E-state index contributed by atoms with van der Waals surface area (Å²) in [6, 6.07) is 18.6. The van der Waals surface area contributed by atoms with Gasteiger partial charge in [0.1, 0.15) is 6.61 Å². The van der Waals surface area contributed by atoms with Gasteiger partial charge in [0, 0.05) is 0 Å². The van der Waals surface area contributed by atoms with Crippen LogP contribution in [0.2, 0.25) is 0 Å². The second-order valence-corrected chi connectivity index (χ2v) is 11.2. The van der Waals surface area contributed by atoms with Gasteiger partial charge in [0.15, 0.2) is 0 Å². The van der Waals surface area contributed by atoms with E-state index in [1.807, 2.05) is 24.3 Å². The maximum atomic E-state index is 12.6. The Morgan fingerprint density at radius 3 is 2.44 bits per heavy atom. The van der Waals surface area contributed by atoms with Crippen LogP contribution in [0.25, 0.3) is 6.08 Å². The average molecular weight is 481 g/mol. The number of hydrogen-bond donors (Lipinski definition) is 0. The van der Waals surface area contributed by atoms with Crippen LogP contribution in [0.3, 0.4) is 0 Å². The fraction of sp³-hybridized carbons (Fsp3) is 0.382. The predicted molar refractivity (Wildman–Crippen MR) is 151 cm³/mol. The van der Waals surface area contributed by atoms with Crippen LogP contribution in [0.15, 0.2) is 95.1 Å². The summed E-state index contributed by atoms with van der Waals surface area (Å²) in [5.41, 5.74) is 10.1. The van der Waals surface area contributed by atoms with Crippen LogP contribution in [0.1, 0.15) is 81.3 Å². The molecule has 2 aliphatic rings. The lowest BCUT2D eigenvalue weighted by molar-refractivity contribution is 0.0535. The molecule has 0 aliphatic heterocycles. The molecule has 0 saturated heterocycles. The molecule has 0 spiro atoms. The Morgan fingerprint density at radius 2 is 1.81 bits per heavy atom. The standard InChI is InChI=1S/C34H40O2/c1-24(2)29-15-13-28(14-16-29)23-36-33(35)30-17-11-27(12-18-30)21-31-19-20-34(4,5)32(25(31)3)22-26-9-7-6-8-10-26/h6-13,17-18,21,29H,1,14-16,19-20,22-23H2,2-5H3/b31-21+. The fourth-order valence-corrected chi connectivity index (χ4v) is 5.46. The smallest absolute Gasteiger partial charge is 0.338 e. The van der Waals surface area contributed by atoms with Crippen molar-refractivity contribution in [3.63, 3.8) is 0 Å². The Kier molecular flexibility index (Phi) is 8.14. The normalized spacial score (nSPS) is 20.7. The van der Waals surface area contributed by atoms with Crippen LogP contribution in [0.4, 0.5) is 0 Å². The maximum absolute atomic E-state index is 12.6. The highest BCUT2D eigenvalue weighted by Crippen LogP contribution is 2.44. The summed E-state index contributed by atoms with van der Waals surface area (Å²) in [6.45, 7) is 13.6. The molecule has 0 radical (unpaired) electrons. The zero-order valence-corrected chi connectivity index (χ0v) is 22.4. The minimum atomic E-state index is -0.252.